The first-order valence-corrected chi connectivity index (χ1v) is 3.17. The summed E-state index contributed by atoms with van der Waals surface area (Å²) in [6.07, 6.45) is 7.41. The summed E-state index contributed by atoms with van der Waals surface area (Å²) in [5.74, 6) is 0. The maximum atomic E-state index is 3.96. The van der Waals surface area contributed by atoms with Crippen LogP contribution in [0.15, 0.2) is 30.7 Å². The molecule has 2 nitrogen and oxygen atoms in total. The lowest BCUT2D eigenvalue weighted by Gasteiger charge is -1.89. The third-order valence-corrected chi connectivity index (χ3v) is 1.13. The normalized spacial score (nSPS) is 10.1. The van der Waals surface area contributed by atoms with Crippen LogP contribution in [0.4, 0.5) is 0 Å². The van der Waals surface area contributed by atoms with Crippen LogP contribution in [-0.4, -0.2) is 12.0 Å². The maximum absolute atomic E-state index is 3.96. The topological polar surface area (TPSA) is 24.9 Å². The van der Waals surface area contributed by atoms with Crippen molar-refractivity contribution in [2.45, 2.75) is 0 Å². The fourth-order valence-corrected chi connectivity index (χ4v) is 0.654. The Morgan fingerprint density at radius 2 is 2.50 bits per heavy atom. The van der Waals surface area contributed by atoms with Crippen molar-refractivity contribution in [3.63, 3.8) is 0 Å². The lowest BCUT2D eigenvalue weighted by atomic mass is 10.3. The molecular formula is C8H10N2. The van der Waals surface area contributed by atoms with Crippen LogP contribution in [0.25, 0.3) is 6.08 Å². The van der Waals surface area contributed by atoms with Gasteiger partial charge in [0.15, 0.2) is 0 Å². The fourth-order valence-electron chi connectivity index (χ4n) is 0.654. The van der Waals surface area contributed by atoms with E-state index in [1.54, 1.807) is 6.20 Å². The Labute approximate surface area is 60.6 Å². The van der Waals surface area contributed by atoms with E-state index in [0.29, 0.717) is 0 Å². The second kappa shape index (κ2) is 3.67. The molecule has 1 aromatic rings. The number of aromatic nitrogens is 1. The quantitative estimate of drug-likeness (QED) is 0.659. The van der Waals surface area contributed by atoms with Crippen molar-refractivity contribution < 1.29 is 0 Å². The predicted molar refractivity (Wildman–Crippen MR) is 42.3 cm³/mol. The van der Waals surface area contributed by atoms with Gasteiger partial charge in [0.05, 0.1) is 0 Å². The number of pyridine rings is 1. The van der Waals surface area contributed by atoms with E-state index in [9.17, 15) is 0 Å². The Morgan fingerprint density at radius 1 is 1.60 bits per heavy atom. The highest BCUT2D eigenvalue weighted by atomic mass is 14.8. The van der Waals surface area contributed by atoms with Crippen molar-refractivity contribution in [1.29, 1.82) is 0 Å². The Hall–Kier alpha value is -1.31. The molecule has 0 aliphatic carbocycles. The average Bonchev–Trinajstić information content (AvgIpc) is 2.03. The molecule has 1 heterocycles. The van der Waals surface area contributed by atoms with Crippen LogP contribution < -0.4 is 5.32 Å². The standard InChI is InChI=1S/C8H10N2/c1-9-6-4-8-3-2-5-10-7-8/h2-7,9H,1H3. The van der Waals surface area contributed by atoms with Crippen LogP contribution in [0.5, 0.6) is 0 Å². The monoisotopic (exact) mass is 134 g/mol. The molecule has 0 aliphatic rings. The van der Waals surface area contributed by atoms with Crippen molar-refractivity contribution in [2.75, 3.05) is 7.05 Å². The highest BCUT2D eigenvalue weighted by Gasteiger charge is 1.79. The molecule has 1 aromatic heterocycles. The van der Waals surface area contributed by atoms with Gasteiger partial charge in [0.25, 0.3) is 0 Å². The summed E-state index contributed by atoms with van der Waals surface area (Å²) in [6.45, 7) is 0. The van der Waals surface area contributed by atoms with Crippen LogP contribution in [0.1, 0.15) is 5.56 Å². The molecule has 0 aromatic carbocycles. The lowest BCUT2D eigenvalue weighted by molar-refractivity contribution is 1.11. The first kappa shape index (κ1) is 6.81. The summed E-state index contributed by atoms with van der Waals surface area (Å²) < 4.78 is 0. The van der Waals surface area contributed by atoms with Crippen LogP contribution in [0.3, 0.4) is 0 Å². The maximum Gasteiger partial charge on any atom is 0.0340 e. The number of nitrogens with zero attached hydrogens (tertiary/aromatic N) is 1. The van der Waals surface area contributed by atoms with Gasteiger partial charge in [-0.3, -0.25) is 4.98 Å². The minimum Gasteiger partial charge on any atom is -0.394 e. The van der Waals surface area contributed by atoms with Crippen molar-refractivity contribution in [1.82, 2.24) is 10.3 Å². The van der Waals surface area contributed by atoms with E-state index in [1.807, 2.05) is 37.7 Å². The molecule has 0 bridgehead atoms. The molecule has 2 heteroatoms. The van der Waals surface area contributed by atoms with E-state index in [1.165, 1.54) is 0 Å². The van der Waals surface area contributed by atoms with E-state index in [0.717, 1.165) is 5.56 Å². The highest BCUT2D eigenvalue weighted by molar-refractivity contribution is 5.46. The summed E-state index contributed by atoms with van der Waals surface area (Å²) in [5.41, 5.74) is 1.11. The number of rotatable bonds is 2. The number of hydrogen-bond acceptors (Lipinski definition) is 2. The van der Waals surface area contributed by atoms with Crippen LogP contribution in [-0.2, 0) is 0 Å². The Morgan fingerprint density at radius 3 is 3.10 bits per heavy atom. The van der Waals surface area contributed by atoms with Crippen molar-refractivity contribution in [3.8, 4) is 0 Å². The Bertz CT molecular complexity index is 204. The summed E-state index contributed by atoms with van der Waals surface area (Å²) >= 11 is 0. The molecule has 0 aliphatic heterocycles. The van der Waals surface area contributed by atoms with Crippen molar-refractivity contribution in [2.24, 2.45) is 0 Å². The minimum atomic E-state index is 1.11. The first-order valence-electron chi connectivity index (χ1n) is 3.17. The Kier molecular flexibility index (Phi) is 2.49. The third-order valence-electron chi connectivity index (χ3n) is 1.13. The summed E-state index contributed by atoms with van der Waals surface area (Å²) in [4.78, 5) is 3.96. The first-order chi connectivity index (χ1) is 4.93. The predicted octanol–water partition coefficient (Wildman–Crippen LogP) is 1.27. The van der Waals surface area contributed by atoms with Crippen molar-refractivity contribution >= 4 is 6.08 Å². The largest absolute Gasteiger partial charge is 0.394 e. The Balaban J connectivity index is 2.67. The highest BCUT2D eigenvalue weighted by Crippen LogP contribution is 1.96. The van der Waals surface area contributed by atoms with E-state index >= 15 is 0 Å². The fraction of sp³-hybridized carbons (Fsp3) is 0.125. The van der Waals surface area contributed by atoms with Gasteiger partial charge in [-0.25, -0.2) is 0 Å². The molecular weight excluding hydrogens is 124 g/mol. The molecule has 52 valence electrons. The molecule has 0 unspecified atom stereocenters. The van der Waals surface area contributed by atoms with Gasteiger partial charge >= 0.3 is 0 Å². The van der Waals surface area contributed by atoms with Gasteiger partial charge in [-0.1, -0.05) is 6.07 Å². The molecule has 0 saturated heterocycles. The van der Waals surface area contributed by atoms with Crippen molar-refractivity contribution in [3.05, 3.63) is 36.3 Å². The van der Waals surface area contributed by atoms with E-state index in [4.69, 9.17) is 0 Å². The second-order valence-electron chi connectivity index (χ2n) is 1.91. The van der Waals surface area contributed by atoms with Crippen LogP contribution >= 0.6 is 0 Å². The summed E-state index contributed by atoms with van der Waals surface area (Å²) in [5, 5.41) is 2.91. The van der Waals surface area contributed by atoms with E-state index in [2.05, 4.69) is 10.3 Å². The zero-order chi connectivity index (χ0) is 7.23. The zero-order valence-corrected chi connectivity index (χ0v) is 5.91. The smallest absolute Gasteiger partial charge is 0.0340 e. The number of hydrogen-bond donors (Lipinski definition) is 1. The van der Waals surface area contributed by atoms with Crippen LogP contribution in [0.2, 0.25) is 0 Å². The van der Waals surface area contributed by atoms with Crippen LogP contribution in [0, 0.1) is 0 Å². The van der Waals surface area contributed by atoms with E-state index in [-0.39, 0.29) is 0 Å². The molecule has 0 spiro atoms. The zero-order valence-electron chi connectivity index (χ0n) is 5.91. The van der Waals surface area contributed by atoms with Gasteiger partial charge in [0.2, 0.25) is 0 Å². The molecule has 10 heavy (non-hydrogen) atoms. The van der Waals surface area contributed by atoms with Gasteiger partial charge in [0, 0.05) is 19.4 Å². The summed E-state index contributed by atoms with van der Waals surface area (Å²) in [7, 11) is 1.87. The summed E-state index contributed by atoms with van der Waals surface area (Å²) in [6, 6.07) is 3.91. The third kappa shape index (κ3) is 1.90. The molecule has 0 amide bonds. The second-order valence-corrected chi connectivity index (χ2v) is 1.91. The molecule has 0 radical (unpaired) electrons. The SMILES string of the molecule is CNC=Cc1cccnc1. The van der Waals surface area contributed by atoms with Gasteiger partial charge in [0.1, 0.15) is 0 Å². The molecule has 0 fully saturated rings. The van der Waals surface area contributed by atoms with Gasteiger partial charge in [-0.15, -0.1) is 0 Å². The van der Waals surface area contributed by atoms with Gasteiger partial charge in [-0.2, -0.15) is 0 Å². The average molecular weight is 134 g/mol. The molecule has 1 N–H and O–H groups in total. The molecule has 1 rings (SSSR count). The molecule has 0 atom stereocenters. The lowest BCUT2D eigenvalue weighted by Crippen LogP contribution is -1.90. The van der Waals surface area contributed by atoms with Gasteiger partial charge in [-0.05, 0) is 23.9 Å². The van der Waals surface area contributed by atoms with E-state index < -0.39 is 0 Å². The molecule has 0 saturated carbocycles. The number of nitrogens with one attached hydrogen (secondary N) is 1. The minimum absolute atomic E-state index is 1.11. The van der Waals surface area contributed by atoms with Gasteiger partial charge < -0.3 is 5.32 Å².